The van der Waals surface area contributed by atoms with E-state index in [0.717, 1.165) is 22.0 Å². The summed E-state index contributed by atoms with van der Waals surface area (Å²) in [5.41, 5.74) is 3.10. The van der Waals surface area contributed by atoms with Crippen LogP contribution in [-0.4, -0.2) is 35.4 Å². The zero-order chi connectivity index (χ0) is 27.7. The van der Waals surface area contributed by atoms with Crippen molar-refractivity contribution in [3.05, 3.63) is 100 Å². The van der Waals surface area contributed by atoms with Gasteiger partial charge in [-0.1, -0.05) is 94.4 Å². The molecule has 2 atom stereocenters. The minimum Gasteiger partial charge on any atom is -0.483 e. The van der Waals surface area contributed by atoms with Gasteiger partial charge in [0.1, 0.15) is 11.8 Å². The highest BCUT2D eigenvalue weighted by atomic mass is 79.9. The fourth-order valence-electron chi connectivity index (χ4n) is 4.08. The van der Waals surface area contributed by atoms with Crippen LogP contribution in [0, 0.1) is 0 Å². The summed E-state index contributed by atoms with van der Waals surface area (Å²) in [6, 6.07) is 24.8. The van der Waals surface area contributed by atoms with E-state index in [9.17, 15) is 9.59 Å². The van der Waals surface area contributed by atoms with Crippen molar-refractivity contribution in [2.45, 2.75) is 71.5 Å². The van der Waals surface area contributed by atoms with Crippen LogP contribution in [0.15, 0.2) is 83.3 Å². The molecule has 38 heavy (non-hydrogen) atoms. The molecule has 5 nitrogen and oxygen atoms in total. The first-order valence-electron chi connectivity index (χ1n) is 13.2. The fourth-order valence-corrected chi connectivity index (χ4v) is 4.58. The lowest BCUT2D eigenvalue weighted by atomic mass is 9.87. The smallest absolute Gasteiger partial charge is 0.261 e. The monoisotopic (exact) mass is 578 g/mol. The number of nitrogens with zero attached hydrogens (tertiary/aromatic N) is 1. The van der Waals surface area contributed by atoms with E-state index in [1.165, 1.54) is 5.56 Å². The second-order valence-electron chi connectivity index (χ2n) is 10.7. The van der Waals surface area contributed by atoms with Gasteiger partial charge in [0.15, 0.2) is 6.61 Å². The molecule has 0 radical (unpaired) electrons. The van der Waals surface area contributed by atoms with E-state index < -0.39 is 6.04 Å². The molecular weight excluding hydrogens is 540 g/mol. The number of carbonyl (C=O) groups excluding carboxylic acids is 2. The van der Waals surface area contributed by atoms with Crippen molar-refractivity contribution < 1.29 is 14.3 Å². The largest absolute Gasteiger partial charge is 0.483 e. The maximum atomic E-state index is 13.8. The summed E-state index contributed by atoms with van der Waals surface area (Å²) >= 11 is 3.60. The van der Waals surface area contributed by atoms with Crippen molar-refractivity contribution in [1.82, 2.24) is 10.2 Å². The minimum absolute atomic E-state index is 0.00277. The Labute approximate surface area is 235 Å². The van der Waals surface area contributed by atoms with Gasteiger partial charge in [0, 0.05) is 19.0 Å². The number of ether oxygens (including phenoxy) is 1. The standard InChI is InChI=1S/C32H39BrN2O3/c1-6-23(2)34-31(37)28(19-24-13-9-7-10-14-24)35(21-25-15-11-8-12-16-25)30(36)22-38-29-18-17-26(20-27(29)33)32(3,4)5/h7-18,20,23,28H,6,19,21-22H2,1-5H3,(H,34,37)/t23-,28-/m0/s1. The molecule has 202 valence electrons. The highest BCUT2D eigenvalue weighted by Crippen LogP contribution is 2.31. The summed E-state index contributed by atoms with van der Waals surface area (Å²) < 4.78 is 6.79. The van der Waals surface area contributed by atoms with Gasteiger partial charge >= 0.3 is 0 Å². The van der Waals surface area contributed by atoms with Gasteiger partial charge in [-0.05, 0) is 63.5 Å². The lowest BCUT2D eigenvalue weighted by Gasteiger charge is -2.32. The summed E-state index contributed by atoms with van der Waals surface area (Å²) in [6.45, 7) is 10.6. The molecule has 0 saturated carbocycles. The Morgan fingerprint density at radius 3 is 2.11 bits per heavy atom. The second-order valence-corrected chi connectivity index (χ2v) is 11.6. The van der Waals surface area contributed by atoms with Crippen molar-refractivity contribution in [1.29, 1.82) is 0 Å². The SMILES string of the molecule is CC[C@H](C)NC(=O)[C@H](Cc1ccccc1)N(Cc1ccccc1)C(=O)COc1ccc(C(C)(C)C)cc1Br. The molecule has 2 amide bonds. The Bertz CT molecular complexity index is 1190. The van der Waals surface area contributed by atoms with Crippen LogP contribution < -0.4 is 10.1 Å². The number of amides is 2. The van der Waals surface area contributed by atoms with Gasteiger partial charge in [0.2, 0.25) is 5.91 Å². The van der Waals surface area contributed by atoms with Crippen molar-refractivity contribution in [2.75, 3.05) is 6.61 Å². The number of halogens is 1. The lowest BCUT2D eigenvalue weighted by Crippen LogP contribution is -2.53. The molecule has 3 aromatic carbocycles. The van der Waals surface area contributed by atoms with Gasteiger partial charge < -0.3 is 15.0 Å². The molecule has 0 aliphatic carbocycles. The molecule has 0 aliphatic heterocycles. The summed E-state index contributed by atoms with van der Waals surface area (Å²) in [5.74, 6) is 0.179. The third kappa shape index (κ3) is 8.45. The predicted octanol–water partition coefficient (Wildman–Crippen LogP) is 6.68. The minimum atomic E-state index is -0.686. The normalized spacial score (nSPS) is 12.9. The van der Waals surface area contributed by atoms with Crippen LogP contribution in [0.2, 0.25) is 0 Å². The van der Waals surface area contributed by atoms with E-state index in [2.05, 4.69) is 42.0 Å². The Morgan fingerprint density at radius 1 is 0.947 bits per heavy atom. The molecule has 0 aliphatic rings. The highest BCUT2D eigenvalue weighted by molar-refractivity contribution is 9.10. The number of hydrogen-bond acceptors (Lipinski definition) is 3. The Kier molecular flexibility index (Phi) is 10.5. The average molecular weight is 580 g/mol. The number of nitrogens with one attached hydrogen (secondary N) is 1. The van der Waals surface area contributed by atoms with Crippen LogP contribution in [0.4, 0.5) is 0 Å². The summed E-state index contributed by atoms with van der Waals surface area (Å²) in [4.78, 5) is 29.0. The number of benzene rings is 3. The van der Waals surface area contributed by atoms with Crippen LogP contribution in [0.1, 0.15) is 57.7 Å². The van der Waals surface area contributed by atoms with E-state index in [1.54, 1.807) is 4.90 Å². The van der Waals surface area contributed by atoms with E-state index in [-0.39, 0.29) is 29.9 Å². The Morgan fingerprint density at radius 2 is 1.55 bits per heavy atom. The van der Waals surface area contributed by atoms with Crippen LogP contribution in [0.25, 0.3) is 0 Å². The van der Waals surface area contributed by atoms with Gasteiger partial charge in [0.25, 0.3) is 5.91 Å². The predicted molar refractivity (Wildman–Crippen MR) is 157 cm³/mol. The third-order valence-corrected chi connectivity index (χ3v) is 7.24. The molecule has 0 fully saturated rings. The van der Waals surface area contributed by atoms with Gasteiger partial charge in [-0.2, -0.15) is 0 Å². The second kappa shape index (κ2) is 13.6. The molecule has 0 bridgehead atoms. The van der Waals surface area contributed by atoms with Crippen LogP contribution in [-0.2, 0) is 28.0 Å². The van der Waals surface area contributed by atoms with Crippen molar-refractivity contribution in [3.8, 4) is 5.75 Å². The number of rotatable bonds is 11. The zero-order valence-corrected chi connectivity index (χ0v) is 24.6. The molecule has 1 N–H and O–H groups in total. The van der Waals surface area contributed by atoms with Crippen molar-refractivity contribution in [3.63, 3.8) is 0 Å². The molecule has 0 saturated heterocycles. The van der Waals surface area contributed by atoms with E-state index in [0.29, 0.717) is 18.7 Å². The fraction of sp³-hybridized carbons (Fsp3) is 0.375. The Balaban J connectivity index is 1.89. The van der Waals surface area contributed by atoms with Crippen molar-refractivity contribution >= 4 is 27.7 Å². The van der Waals surface area contributed by atoms with Crippen LogP contribution >= 0.6 is 15.9 Å². The molecule has 3 rings (SSSR count). The Hall–Kier alpha value is -3.12. The summed E-state index contributed by atoms with van der Waals surface area (Å²) in [6.07, 6.45) is 1.21. The van der Waals surface area contributed by atoms with Gasteiger partial charge in [-0.25, -0.2) is 0 Å². The zero-order valence-electron chi connectivity index (χ0n) is 23.0. The summed E-state index contributed by atoms with van der Waals surface area (Å²) in [5, 5.41) is 3.09. The van der Waals surface area contributed by atoms with Crippen LogP contribution in [0.5, 0.6) is 5.75 Å². The number of hydrogen-bond donors (Lipinski definition) is 1. The van der Waals surface area contributed by atoms with E-state index in [4.69, 9.17) is 4.74 Å². The highest BCUT2D eigenvalue weighted by Gasteiger charge is 2.31. The molecule has 0 unspecified atom stereocenters. The average Bonchev–Trinajstić information content (AvgIpc) is 2.90. The molecule has 0 heterocycles. The topological polar surface area (TPSA) is 58.6 Å². The number of carbonyl (C=O) groups is 2. The van der Waals surface area contributed by atoms with Gasteiger partial charge in [-0.15, -0.1) is 0 Å². The molecule has 6 heteroatoms. The van der Waals surface area contributed by atoms with E-state index in [1.807, 2.05) is 92.7 Å². The lowest BCUT2D eigenvalue weighted by molar-refractivity contribution is -0.143. The molecular formula is C32H39BrN2O3. The first-order valence-corrected chi connectivity index (χ1v) is 14.0. The first-order chi connectivity index (χ1) is 18.1. The van der Waals surface area contributed by atoms with E-state index >= 15 is 0 Å². The van der Waals surface area contributed by atoms with Crippen molar-refractivity contribution in [2.24, 2.45) is 0 Å². The molecule has 0 spiro atoms. The third-order valence-electron chi connectivity index (χ3n) is 6.62. The van der Waals surface area contributed by atoms with Gasteiger partial charge in [0.05, 0.1) is 4.47 Å². The molecule has 3 aromatic rings. The maximum absolute atomic E-state index is 13.8. The molecule has 0 aromatic heterocycles. The first kappa shape index (κ1) is 29.4. The van der Waals surface area contributed by atoms with Crippen LogP contribution in [0.3, 0.4) is 0 Å². The summed E-state index contributed by atoms with van der Waals surface area (Å²) in [7, 11) is 0. The quantitative estimate of drug-likeness (QED) is 0.276. The maximum Gasteiger partial charge on any atom is 0.261 e. The van der Waals surface area contributed by atoms with Gasteiger partial charge in [-0.3, -0.25) is 9.59 Å².